The maximum absolute atomic E-state index is 12.3. The molecule has 2 fully saturated rings. The molecule has 1 aromatic carbocycles. The van der Waals surface area contributed by atoms with Gasteiger partial charge in [-0.25, -0.2) is 0 Å². The Morgan fingerprint density at radius 1 is 1.33 bits per heavy atom. The molecule has 7 heteroatoms. The lowest BCUT2D eigenvalue weighted by molar-refractivity contribution is -0.384. The Kier molecular flexibility index (Phi) is 3.82. The number of nitrogens with one attached hydrogen (secondary N) is 2. The number of nitro groups is 1. The van der Waals surface area contributed by atoms with E-state index in [1.54, 1.807) is 0 Å². The van der Waals surface area contributed by atoms with Crippen molar-refractivity contribution in [3.8, 4) is 0 Å². The molecule has 2 aliphatic heterocycles. The van der Waals surface area contributed by atoms with Gasteiger partial charge in [0.2, 0.25) is 0 Å². The number of fused-ring (bicyclic) bond motifs is 2. The average Bonchev–Trinajstić information content (AvgIpc) is 2.78. The second-order valence-corrected chi connectivity index (χ2v) is 6.11. The van der Waals surface area contributed by atoms with Gasteiger partial charge in [-0.1, -0.05) is 11.6 Å². The van der Waals surface area contributed by atoms with Crippen LogP contribution in [0, 0.1) is 10.1 Å². The van der Waals surface area contributed by atoms with Gasteiger partial charge in [-0.2, -0.15) is 0 Å². The van der Waals surface area contributed by atoms with Crippen molar-refractivity contribution >= 4 is 23.2 Å². The van der Waals surface area contributed by atoms with Gasteiger partial charge in [-0.05, 0) is 31.7 Å². The fourth-order valence-corrected chi connectivity index (χ4v) is 3.44. The molecule has 21 heavy (non-hydrogen) atoms. The monoisotopic (exact) mass is 309 g/mol. The third kappa shape index (κ3) is 3.01. The smallest absolute Gasteiger partial charge is 0.270 e. The molecule has 3 rings (SSSR count). The predicted octanol–water partition coefficient (Wildman–Crippen LogP) is 2.26. The molecular formula is C14H16ClN3O3. The number of hydrogen-bond acceptors (Lipinski definition) is 4. The summed E-state index contributed by atoms with van der Waals surface area (Å²) in [4.78, 5) is 22.6. The standard InChI is InChI=1S/C14H16ClN3O3/c15-13-4-3-11(18(20)21)7-12(13)14(19)17-10-5-8-1-2-9(6-10)16-8/h3-4,7-10,16H,1-2,5-6H2,(H,17,19). The van der Waals surface area contributed by atoms with Crippen LogP contribution in [0.2, 0.25) is 5.02 Å². The van der Waals surface area contributed by atoms with Gasteiger partial charge >= 0.3 is 0 Å². The maximum Gasteiger partial charge on any atom is 0.270 e. The van der Waals surface area contributed by atoms with Crippen LogP contribution in [0.5, 0.6) is 0 Å². The maximum atomic E-state index is 12.3. The zero-order valence-corrected chi connectivity index (χ0v) is 12.1. The van der Waals surface area contributed by atoms with Crippen LogP contribution >= 0.6 is 11.6 Å². The summed E-state index contributed by atoms with van der Waals surface area (Å²) in [6.45, 7) is 0. The highest BCUT2D eigenvalue weighted by atomic mass is 35.5. The molecule has 2 heterocycles. The zero-order valence-electron chi connectivity index (χ0n) is 11.3. The van der Waals surface area contributed by atoms with E-state index in [0.29, 0.717) is 12.1 Å². The average molecular weight is 310 g/mol. The van der Waals surface area contributed by atoms with Gasteiger partial charge in [0.1, 0.15) is 0 Å². The SMILES string of the molecule is O=C(NC1CC2CCC(C1)N2)c1cc([N+](=O)[O-])ccc1Cl. The third-order valence-electron chi connectivity index (χ3n) is 4.21. The topological polar surface area (TPSA) is 84.3 Å². The molecule has 0 spiro atoms. The number of rotatable bonds is 3. The molecule has 0 aromatic heterocycles. The zero-order chi connectivity index (χ0) is 15.0. The molecule has 0 saturated carbocycles. The van der Waals surface area contributed by atoms with E-state index in [9.17, 15) is 14.9 Å². The number of non-ortho nitro benzene ring substituents is 1. The lowest BCUT2D eigenvalue weighted by atomic mass is 9.99. The predicted molar refractivity (Wildman–Crippen MR) is 78.5 cm³/mol. The fourth-order valence-electron chi connectivity index (χ4n) is 3.24. The molecule has 1 amide bonds. The third-order valence-corrected chi connectivity index (χ3v) is 4.54. The Morgan fingerprint density at radius 3 is 2.62 bits per heavy atom. The van der Waals surface area contributed by atoms with Gasteiger partial charge in [0.25, 0.3) is 11.6 Å². The molecule has 2 atom stereocenters. The number of hydrogen-bond donors (Lipinski definition) is 2. The highest BCUT2D eigenvalue weighted by Gasteiger charge is 2.34. The van der Waals surface area contributed by atoms with Gasteiger partial charge in [0.05, 0.1) is 15.5 Å². The molecule has 2 N–H and O–H groups in total. The van der Waals surface area contributed by atoms with Crippen molar-refractivity contribution in [2.75, 3.05) is 0 Å². The van der Waals surface area contributed by atoms with Crippen LogP contribution in [0.1, 0.15) is 36.0 Å². The Labute approximate surface area is 127 Å². The van der Waals surface area contributed by atoms with Crippen LogP contribution in [0.25, 0.3) is 0 Å². The first-order chi connectivity index (χ1) is 10.0. The van der Waals surface area contributed by atoms with E-state index in [-0.39, 0.29) is 28.2 Å². The second-order valence-electron chi connectivity index (χ2n) is 5.70. The highest BCUT2D eigenvalue weighted by molar-refractivity contribution is 6.33. The molecule has 2 unspecified atom stereocenters. The number of piperidine rings is 1. The van der Waals surface area contributed by atoms with E-state index in [0.717, 1.165) is 25.7 Å². The number of carbonyl (C=O) groups excluding carboxylic acids is 1. The lowest BCUT2D eigenvalue weighted by Gasteiger charge is -2.29. The summed E-state index contributed by atoms with van der Waals surface area (Å²) in [5, 5.41) is 17.5. The van der Waals surface area contributed by atoms with Crippen LogP contribution < -0.4 is 10.6 Å². The van der Waals surface area contributed by atoms with E-state index in [4.69, 9.17) is 11.6 Å². The van der Waals surface area contributed by atoms with Gasteiger partial charge in [0, 0.05) is 30.3 Å². The van der Waals surface area contributed by atoms with Gasteiger partial charge < -0.3 is 10.6 Å². The van der Waals surface area contributed by atoms with Crippen molar-refractivity contribution in [3.05, 3.63) is 38.9 Å². The van der Waals surface area contributed by atoms with E-state index in [2.05, 4.69) is 10.6 Å². The minimum absolute atomic E-state index is 0.103. The normalized spacial score (nSPS) is 27.4. The Morgan fingerprint density at radius 2 is 2.00 bits per heavy atom. The van der Waals surface area contributed by atoms with Crippen LogP contribution in [0.15, 0.2) is 18.2 Å². The quantitative estimate of drug-likeness (QED) is 0.662. The second kappa shape index (κ2) is 5.61. The van der Waals surface area contributed by atoms with Crippen LogP contribution in [-0.2, 0) is 0 Å². The largest absolute Gasteiger partial charge is 0.349 e. The molecule has 0 aliphatic carbocycles. The first kappa shape index (κ1) is 14.3. The number of carbonyl (C=O) groups is 1. The lowest BCUT2D eigenvalue weighted by Crippen LogP contribution is -2.48. The number of nitrogens with zero attached hydrogens (tertiary/aromatic N) is 1. The Hall–Kier alpha value is -1.66. The van der Waals surface area contributed by atoms with Crippen LogP contribution in [0.3, 0.4) is 0 Å². The molecule has 6 nitrogen and oxygen atoms in total. The molecule has 0 radical (unpaired) electrons. The van der Waals surface area contributed by atoms with Crippen molar-refractivity contribution in [1.29, 1.82) is 0 Å². The Balaban J connectivity index is 1.73. The minimum Gasteiger partial charge on any atom is -0.349 e. The highest BCUT2D eigenvalue weighted by Crippen LogP contribution is 2.28. The number of halogens is 1. The summed E-state index contributed by atoms with van der Waals surface area (Å²) in [5.41, 5.74) is 0.0340. The number of amides is 1. The van der Waals surface area contributed by atoms with E-state index >= 15 is 0 Å². The molecule has 1 aromatic rings. The number of benzene rings is 1. The van der Waals surface area contributed by atoms with Gasteiger partial charge in [-0.3, -0.25) is 14.9 Å². The van der Waals surface area contributed by atoms with Crippen molar-refractivity contribution in [2.45, 2.75) is 43.8 Å². The van der Waals surface area contributed by atoms with E-state index in [1.165, 1.54) is 18.2 Å². The summed E-state index contributed by atoms with van der Waals surface area (Å²) < 4.78 is 0. The first-order valence-electron chi connectivity index (χ1n) is 7.04. The summed E-state index contributed by atoms with van der Waals surface area (Å²) >= 11 is 5.99. The number of nitro benzene ring substituents is 1. The van der Waals surface area contributed by atoms with E-state index < -0.39 is 4.92 Å². The first-order valence-corrected chi connectivity index (χ1v) is 7.41. The molecule has 2 bridgehead atoms. The summed E-state index contributed by atoms with van der Waals surface area (Å²) in [6, 6.07) is 4.95. The van der Waals surface area contributed by atoms with Gasteiger partial charge in [-0.15, -0.1) is 0 Å². The van der Waals surface area contributed by atoms with Crippen LogP contribution in [0.4, 0.5) is 5.69 Å². The minimum atomic E-state index is -0.530. The summed E-state index contributed by atoms with van der Waals surface area (Å²) in [5.74, 6) is -0.338. The van der Waals surface area contributed by atoms with Crippen molar-refractivity contribution in [1.82, 2.24) is 10.6 Å². The van der Waals surface area contributed by atoms with Crippen LogP contribution in [-0.4, -0.2) is 29.0 Å². The van der Waals surface area contributed by atoms with Gasteiger partial charge in [0.15, 0.2) is 0 Å². The van der Waals surface area contributed by atoms with E-state index in [1.807, 2.05) is 0 Å². The van der Waals surface area contributed by atoms with Crippen molar-refractivity contribution in [3.63, 3.8) is 0 Å². The summed E-state index contributed by atoms with van der Waals surface area (Å²) in [6.07, 6.45) is 4.09. The summed E-state index contributed by atoms with van der Waals surface area (Å²) in [7, 11) is 0. The molecular weight excluding hydrogens is 294 g/mol. The fraction of sp³-hybridized carbons (Fsp3) is 0.500. The molecule has 2 aliphatic rings. The molecule has 2 saturated heterocycles. The van der Waals surface area contributed by atoms with Crippen molar-refractivity contribution in [2.24, 2.45) is 0 Å². The van der Waals surface area contributed by atoms with Crippen molar-refractivity contribution < 1.29 is 9.72 Å². The Bertz CT molecular complexity index is 581. The molecule has 112 valence electrons.